The van der Waals surface area contributed by atoms with Gasteiger partial charge in [0.25, 0.3) is 0 Å². The number of methoxy groups -OCH3 is 1. The number of ether oxygens (including phenoxy) is 1. The molecule has 0 radical (unpaired) electrons. The Labute approximate surface area is 157 Å². The first kappa shape index (κ1) is 19.6. The van der Waals surface area contributed by atoms with E-state index in [1.165, 1.54) is 11.3 Å². The van der Waals surface area contributed by atoms with Gasteiger partial charge in [-0.2, -0.15) is 0 Å². The van der Waals surface area contributed by atoms with Crippen LogP contribution in [0.4, 0.5) is 5.13 Å². The molecule has 1 aliphatic carbocycles. The number of halogens is 1. The second-order valence-electron chi connectivity index (χ2n) is 6.05. The molecule has 1 aromatic heterocycles. The minimum atomic E-state index is 0. The van der Waals surface area contributed by atoms with Gasteiger partial charge >= 0.3 is 0 Å². The van der Waals surface area contributed by atoms with Crippen molar-refractivity contribution in [1.82, 2.24) is 10.2 Å². The van der Waals surface area contributed by atoms with Crippen LogP contribution in [-0.2, 0) is 11.2 Å². The summed E-state index contributed by atoms with van der Waals surface area (Å²) < 4.78 is 5.23. The highest BCUT2D eigenvalue weighted by Crippen LogP contribution is 2.32. The summed E-state index contributed by atoms with van der Waals surface area (Å²) in [6.45, 7) is 0.565. The normalized spacial score (nSPS) is 19.3. The third-order valence-electron chi connectivity index (χ3n) is 4.49. The van der Waals surface area contributed by atoms with Crippen LogP contribution in [0, 0.1) is 11.8 Å². The molecule has 2 atom stereocenters. The smallest absolute Gasteiger partial charge is 0.229 e. The summed E-state index contributed by atoms with van der Waals surface area (Å²) >= 11 is 1.41. The number of carbonyl (C=O) groups is 1. The second kappa shape index (κ2) is 9.12. The van der Waals surface area contributed by atoms with E-state index in [0.29, 0.717) is 18.1 Å². The Kier molecular flexibility index (Phi) is 7.16. The highest BCUT2D eigenvalue weighted by atomic mass is 35.5. The van der Waals surface area contributed by atoms with Gasteiger partial charge in [0.1, 0.15) is 10.8 Å². The molecule has 2 aromatic rings. The van der Waals surface area contributed by atoms with Crippen LogP contribution in [0.5, 0.6) is 5.75 Å². The van der Waals surface area contributed by atoms with Crippen molar-refractivity contribution in [2.24, 2.45) is 17.6 Å². The number of nitrogens with zero attached hydrogens (tertiary/aromatic N) is 2. The van der Waals surface area contributed by atoms with E-state index in [9.17, 15) is 4.79 Å². The van der Waals surface area contributed by atoms with Crippen molar-refractivity contribution in [3.05, 3.63) is 34.8 Å². The van der Waals surface area contributed by atoms with Gasteiger partial charge in [-0.1, -0.05) is 29.9 Å². The zero-order chi connectivity index (χ0) is 16.9. The van der Waals surface area contributed by atoms with E-state index in [1.807, 2.05) is 24.3 Å². The first-order valence-corrected chi connectivity index (χ1v) is 8.97. The van der Waals surface area contributed by atoms with E-state index in [2.05, 4.69) is 15.5 Å². The van der Waals surface area contributed by atoms with Gasteiger partial charge in [0.2, 0.25) is 11.0 Å². The number of rotatable bonds is 6. The van der Waals surface area contributed by atoms with Gasteiger partial charge in [-0.25, -0.2) is 0 Å². The predicted molar refractivity (Wildman–Crippen MR) is 101 cm³/mol. The van der Waals surface area contributed by atoms with Crippen LogP contribution < -0.4 is 15.8 Å². The van der Waals surface area contributed by atoms with Crippen LogP contribution in [-0.4, -0.2) is 29.8 Å². The molecule has 8 heteroatoms. The first-order chi connectivity index (χ1) is 11.7. The number of carbonyl (C=O) groups excluding carboxylic acids is 1. The van der Waals surface area contributed by atoms with Crippen molar-refractivity contribution in [1.29, 1.82) is 0 Å². The standard InChI is InChI=1S/C17H22N4O2S.ClH/c1-23-13-6-2-4-11(8-13)9-15-20-21-17(24-15)19-16(22)14-7-3-5-12(14)10-18;/h2,4,6,8,12,14H,3,5,7,9-10,18H2,1H3,(H,19,21,22);1H/t12-,14-;/m1./s1. The average Bonchev–Trinajstić information content (AvgIpc) is 3.24. The summed E-state index contributed by atoms with van der Waals surface area (Å²) in [6, 6.07) is 7.85. The summed E-state index contributed by atoms with van der Waals surface area (Å²) in [5, 5.41) is 12.6. The highest BCUT2D eigenvalue weighted by Gasteiger charge is 2.32. The monoisotopic (exact) mass is 382 g/mol. The Morgan fingerprint density at radius 1 is 1.40 bits per heavy atom. The van der Waals surface area contributed by atoms with Crippen LogP contribution in [0.25, 0.3) is 0 Å². The molecule has 1 saturated carbocycles. The van der Waals surface area contributed by atoms with E-state index in [-0.39, 0.29) is 30.2 Å². The molecule has 1 aromatic carbocycles. The van der Waals surface area contributed by atoms with Crippen molar-refractivity contribution in [2.75, 3.05) is 19.0 Å². The molecule has 0 spiro atoms. The lowest BCUT2D eigenvalue weighted by atomic mass is 9.95. The number of benzene rings is 1. The third kappa shape index (κ3) is 4.90. The van der Waals surface area contributed by atoms with Crippen molar-refractivity contribution >= 4 is 34.8 Å². The van der Waals surface area contributed by atoms with Crippen molar-refractivity contribution in [3.63, 3.8) is 0 Å². The van der Waals surface area contributed by atoms with Crippen LogP contribution in [0.2, 0.25) is 0 Å². The molecule has 1 amide bonds. The fourth-order valence-electron chi connectivity index (χ4n) is 3.19. The number of amides is 1. The Hall–Kier alpha value is -1.70. The SMILES string of the molecule is COc1cccc(Cc2nnc(NC(=O)[C@@H]3CCC[C@@H]3CN)s2)c1.Cl. The van der Waals surface area contributed by atoms with Gasteiger partial charge in [0, 0.05) is 12.3 Å². The molecule has 0 aliphatic heterocycles. The summed E-state index contributed by atoms with van der Waals surface area (Å²) in [6.07, 6.45) is 3.67. The maximum Gasteiger partial charge on any atom is 0.229 e. The van der Waals surface area contributed by atoms with E-state index >= 15 is 0 Å². The topological polar surface area (TPSA) is 90.1 Å². The Morgan fingerprint density at radius 2 is 2.24 bits per heavy atom. The number of anilines is 1. The van der Waals surface area contributed by atoms with E-state index in [1.54, 1.807) is 7.11 Å². The van der Waals surface area contributed by atoms with Gasteiger partial charge < -0.3 is 15.8 Å². The maximum atomic E-state index is 12.4. The fourth-order valence-corrected chi connectivity index (χ4v) is 3.97. The average molecular weight is 383 g/mol. The van der Waals surface area contributed by atoms with Crippen LogP contribution >= 0.6 is 23.7 Å². The Bertz CT molecular complexity index is 709. The van der Waals surface area contributed by atoms with Gasteiger partial charge in [-0.15, -0.1) is 22.6 Å². The quantitative estimate of drug-likeness (QED) is 0.801. The lowest BCUT2D eigenvalue weighted by Crippen LogP contribution is -2.29. The molecule has 0 bridgehead atoms. The largest absolute Gasteiger partial charge is 0.497 e. The van der Waals surface area contributed by atoms with Crippen molar-refractivity contribution in [3.8, 4) is 5.75 Å². The zero-order valence-corrected chi connectivity index (χ0v) is 15.7. The summed E-state index contributed by atoms with van der Waals surface area (Å²) in [5.74, 6) is 1.13. The van der Waals surface area contributed by atoms with Crippen LogP contribution in [0.15, 0.2) is 24.3 Å². The molecule has 1 aliphatic rings. The van der Waals surface area contributed by atoms with Crippen molar-refractivity contribution in [2.45, 2.75) is 25.7 Å². The zero-order valence-electron chi connectivity index (χ0n) is 14.1. The van der Waals surface area contributed by atoms with E-state index in [0.717, 1.165) is 35.6 Å². The first-order valence-electron chi connectivity index (χ1n) is 8.16. The Balaban J connectivity index is 0.00000225. The second-order valence-corrected chi connectivity index (χ2v) is 7.11. The minimum absolute atomic E-state index is 0. The summed E-state index contributed by atoms with van der Waals surface area (Å²) in [5.41, 5.74) is 6.85. The van der Waals surface area contributed by atoms with Gasteiger partial charge in [0.15, 0.2) is 0 Å². The van der Waals surface area contributed by atoms with E-state index < -0.39 is 0 Å². The maximum absolute atomic E-state index is 12.4. The number of hydrogen-bond donors (Lipinski definition) is 2. The van der Waals surface area contributed by atoms with E-state index in [4.69, 9.17) is 10.5 Å². The molecule has 0 saturated heterocycles. The molecular formula is C17H23ClN4O2S. The molecule has 3 N–H and O–H groups in total. The van der Waals surface area contributed by atoms with Gasteiger partial charge in [0.05, 0.1) is 7.11 Å². The Morgan fingerprint density at radius 3 is 3.00 bits per heavy atom. The molecule has 1 heterocycles. The predicted octanol–water partition coefficient (Wildman–Crippen LogP) is 2.87. The molecule has 3 rings (SSSR count). The number of nitrogens with one attached hydrogen (secondary N) is 1. The molecule has 25 heavy (non-hydrogen) atoms. The lowest BCUT2D eigenvalue weighted by Gasteiger charge is -2.15. The number of aromatic nitrogens is 2. The number of hydrogen-bond acceptors (Lipinski definition) is 6. The fraction of sp³-hybridized carbons (Fsp3) is 0.471. The van der Waals surface area contributed by atoms with Gasteiger partial charge in [-0.05, 0) is 43.0 Å². The lowest BCUT2D eigenvalue weighted by molar-refractivity contribution is -0.120. The summed E-state index contributed by atoms with van der Waals surface area (Å²) in [7, 11) is 1.65. The molecule has 136 valence electrons. The summed E-state index contributed by atoms with van der Waals surface area (Å²) in [4.78, 5) is 12.4. The molecule has 0 unspecified atom stereocenters. The molecule has 1 fully saturated rings. The minimum Gasteiger partial charge on any atom is -0.497 e. The number of nitrogens with two attached hydrogens (primary N) is 1. The third-order valence-corrected chi connectivity index (χ3v) is 5.32. The van der Waals surface area contributed by atoms with Crippen LogP contribution in [0.1, 0.15) is 29.8 Å². The highest BCUT2D eigenvalue weighted by molar-refractivity contribution is 7.15. The molecule has 6 nitrogen and oxygen atoms in total. The molecular weight excluding hydrogens is 360 g/mol. The van der Waals surface area contributed by atoms with Crippen molar-refractivity contribution < 1.29 is 9.53 Å². The van der Waals surface area contributed by atoms with Crippen LogP contribution in [0.3, 0.4) is 0 Å². The van der Waals surface area contributed by atoms with Gasteiger partial charge in [-0.3, -0.25) is 4.79 Å².